The Labute approximate surface area is 148 Å². The van der Waals surface area contributed by atoms with Crippen molar-refractivity contribution in [2.45, 2.75) is 6.04 Å². The maximum atomic E-state index is 14.0. The Morgan fingerprint density at radius 3 is 2.25 bits per heavy atom. The maximum absolute atomic E-state index is 14.0. The van der Waals surface area contributed by atoms with Crippen molar-refractivity contribution < 1.29 is 4.39 Å². The predicted octanol–water partition coefficient (Wildman–Crippen LogP) is 4.33. The molecule has 1 aliphatic heterocycles. The van der Waals surface area contributed by atoms with Crippen LogP contribution in [0.15, 0.2) is 54.6 Å². The van der Waals surface area contributed by atoms with Gasteiger partial charge in [0.15, 0.2) is 0 Å². The first-order valence-corrected chi connectivity index (χ1v) is 8.29. The quantitative estimate of drug-likeness (QED) is 0.711. The average molecular weight is 345 g/mol. The number of hydrogen-bond acceptors (Lipinski definition) is 2. The number of halogens is 2. The molecule has 1 saturated heterocycles. The molecule has 0 radical (unpaired) electrons. The van der Waals surface area contributed by atoms with Crippen LogP contribution in [-0.4, -0.2) is 37.8 Å². The lowest BCUT2D eigenvalue weighted by Crippen LogP contribution is -2.45. The van der Waals surface area contributed by atoms with E-state index in [0.29, 0.717) is 0 Å². The van der Waals surface area contributed by atoms with E-state index >= 15 is 0 Å². The smallest absolute Gasteiger partial charge is 0.109 e. The van der Waals surface area contributed by atoms with E-state index < -0.39 is 0 Å². The van der Waals surface area contributed by atoms with Crippen molar-refractivity contribution in [3.05, 3.63) is 60.2 Å². The summed E-state index contributed by atoms with van der Waals surface area (Å²) in [4.78, 5) is 2.27. The zero-order valence-electron chi connectivity index (χ0n) is 13.5. The molecule has 3 aromatic carbocycles. The largest absolute Gasteiger partial charge is 0.314 e. The van der Waals surface area contributed by atoms with Crippen molar-refractivity contribution in [1.82, 2.24) is 10.2 Å². The Hall–Kier alpha value is -1.68. The third-order valence-corrected chi connectivity index (χ3v) is 4.90. The maximum Gasteiger partial charge on any atom is 0.109 e. The van der Waals surface area contributed by atoms with Crippen molar-refractivity contribution in [2.75, 3.05) is 32.9 Å². The third-order valence-electron chi connectivity index (χ3n) is 4.90. The summed E-state index contributed by atoms with van der Waals surface area (Å²) in [5.74, 6) is 0. The fourth-order valence-electron chi connectivity index (χ4n) is 3.73. The Morgan fingerprint density at radius 1 is 0.917 bits per heavy atom. The van der Waals surface area contributed by atoms with Gasteiger partial charge in [-0.15, -0.1) is 12.4 Å². The molecule has 126 valence electrons. The number of piperazine rings is 1. The van der Waals surface area contributed by atoms with E-state index in [2.05, 4.69) is 58.7 Å². The van der Waals surface area contributed by atoms with Crippen molar-refractivity contribution in [1.29, 1.82) is 0 Å². The molecule has 2 nitrogen and oxygen atoms in total. The zero-order valence-corrected chi connectivity index (χ0v) is 14.4. The highest BCUT2D eigenvalue weighted by Gasteiger charge is 2.24. The minimum absolute atomic E-state index is 0. The van der Waals surface area contributed by atoms with Crippen LogP contribution in [0.3, 0.4) is 0 Å². The van der Waals surface area contributed by atoms with Crippen LogP contribution in [0, 0.1) is 0 Å². The van der Waals surface area contributed by atoms with Crippen LogP contribution in [0.5, 0.6) is 0 Å². The van der Waals surface area contributed by atoms with Crippen LogP contribution >= 0.6 is 12.4 Å². The molecule has 0 bridgehead atoms. The molecule has 4 heteroatoms. The lowest BCUT2D eigenvalue weighted by molar-refractivity contribution is 0.148. The number of benzene rings is 3. The van der Waals surface area contributed by atoms with Gasteiger partial charge < -0.3 is 5.32 Å². The van der Waals surface area contributed by atoms with Gasteiger partial charge in [0.05, 0.1) is 6.04 Å². The van der Waals surface area contributed by atoms with Gasteiger partial charge in [0, 0.05) is 26.2 Å². The summed E-state index contributed by atoms with van der Waals surface area (Å²) >= 11 is 0. The Balaban J connectivity index is 0.00000169. The van der Waals surface area contributed by atoms with Gasteiger partial charge in [-0.3, -0.25) is 4.90 Å². The number of fused-ring (bicyclic) bond motifs is 3. The molecule has 0 unspecified atom stereocenters. The van der Waals surface area contributed by atoms with Crippen LogP contribution in [0.1, 0.15) is 11.6 Å². The molecule has 0 amide bonds. The molecule has 1 heterocycles. The normalized spacial score (nSPS) is 16.9. The molecule has 0 spiro atoms. The first-order valence-electron chi connectivity index (χ1n) is 8.29. The highest BCUT2D eigenvalue weighted by molar-refractivity contribution is 6.09. The second kappa shape index (κ2) is 7.47. The fraction of sp³-hybridized carbons (Fsp3) is 0.300. The van der Waals surface area contributed by atoms with E-state index in [0.717, 1.165) is 31.7 Å². The van der Waals surface area contributed by atoms with E-state index in [1.54, 1.807) is 0 Å². The SMILES string of the molecule is Cl.FC[C@@H](c1cc2ccccc2c2ccccc12)N1CCNCC1. The molecular formula is C20H22ClFN2. The lowest BCUT2D eigenvalue weighted by atomic mass is 9.93. The summed E-state index contributed by atoms with van der Waals surface area (Å²) < 4.78 is 14.0. The molecule has 0 aromatic heterocycles. The van der Waals surface area contributed by atoms with Gasteiger partial charge in [0.25, 0.3) is 0 Å². The first kappa shape index (κ1) is 17.2. The predicted molar refractivity (Wildman–Crippen MR) is 102 cm³/mol. The molecule has 1 atom stereocenters. The van der Waals surface area contributed by atoms with Crippen molar-refractivity contribution in [3.8, 4) is 0 Å². The molecule has 0 saturated carbocycles. The summed E-state index contributed by atoms with van der Waals surface area (Å²) in [5.41, 5.74) is 1.11. The number of rotatable bonds is 3. The highest BCUT2D eigenvalue weighted by Crippen LogP contribution is 2.34. The van der Waals surface area contributed by atoms with Gasteiger partial charge in [-0.25, -0.2) is 4.39 Å². The van der Waals surface area contributed by atoms with Gasteiger partial charge >= 0.3 is 0 Å². The Bertz CT molecular complexity index is 830. The minimum Gasteiger partial charge on any atom is -0.314 e. The van der Waals surface area contributed by atoms with E-state index in [4.69, 9.17) is 0 Å². The summed E-state index contributed by atoms with van der Waals surface area (Å²) in [6.45, 7) is 3.32. The van der Waals surface area contributed by atoms with Crippen LogP contribution in [0.4, 0.5) is 4.39 Å². The van der Waals surface area contributed by atoms with Crippen molar-refractivity contribution in [3.63, 3.8) is 0 Å². The fourth-order valence-corrected chi connectivity index (χ4v) is 3.73. The van der Waals surface area contributed by atoms with Crippen LogP contribution < -0.4 is 5.32 Å². The molecule has 3 aromatic rings. The van der Waals surface area contributed by atoms with Gasteiger partial charge in [-0.1, -0.05) is 48.5 Å². The molecule has 24 heavy (non-hydrogen) atoms. The molecule has 1 aliphatic rings. The zero-order chi connectivity index (χ0) is 15.6. The number of alkyl halides is 1. The third kappa shape index (κ3) is 3.00. The molecular weight excluding hydrogens is 323 g/mol. The van der Waals surface area contributed by atoms with Gasteiger partial charge in [-0.2, -0.15) is 0 Å². The molecule has 4 rings (SSSR count). The van der Waals surface area contributed by atoms with Gasteiger partial charge in [0.1, 0.15) is 6.67 Å². The minimum atomic E-state index is -0.345. The summed E-state index contributed by atoms with van der Waals surface area (Å²) in [6, 6.07) is 18.8. The number of nitrogens with one attached hydrogen (secondary N) is 1. The van der Waals surface area contributed by atoms with Crippen LogP contribution in [0.2, 0.25) is 0 Å². The standard InChI is InChI=1S/C20H21FN2.ClH/c21-14-20(23-11-9-22-10-12-23)19-13-15-5-1-2-6-16(15)17-7-3-4-8-18(17)19;/h1-8,13,20,22H,9-12,14H2;1H/t20-;/m0./s1. The van der Waals surface area contributed by atoms with E-state index in [1.165, 1.54) is 21.5 Å². The monoisotopic (exact) mass is 344 g/mol. The molecule has 1 N–H and O–H groups in total. The van der Waals surface area contributed by atoms with E-state index in [1.807, 2.05) is 6.07 Å². The molecule has 0 aliphatic carbocycles. The average Bonchev–Trinajstić information content (AvgIpc) is 2.63. The molecule has 1 fully saturated rings. The van der Waals surface area contributed by atoms with E-state index in [9.17, 15) is 4.39 Å². The van der Waals surface area contributed by atoms with Crippen LogP contribution in [-0.2, 0) is 0 Å². The summed E-state index contributed by atoms with van der Waals surface area (Å²) in [5, 5.41) is 8.17. The van der Waals surface area contributed by atoms with Gasteiger partial charge in [0.2, 0.25) is 0 Å². The van der Waals surface area contributed by atoms with Crippen molar-refractivity contribution >= 4 is 34.0 Å². The topological polar surface area (TPSA) is 15.3 Å². The second-order valence-electron chi connectivity index (χ2n) is 6.19. The van der Waals surface area contributed by atoms with E-state index in [-0.39, 0.29) is 25.1 Å². The first-order chi connectivity index (χ1) is 11.4. The van der Waals surface area contributed by atoms with Crippen molar-refractivity contribution in [2.24, 2.45) is 0 Å². The van der Waals surface area contributed by atoms with Gasteiger partial charge in [-0.05, 0) is 33.2 Å². The lowest BCUT2D eigenvalue weighted by Gasteiger charge is -2.34. The Kier molecular flexibility index (Phi) is 5.34. The highest BCUT2D eigenvalue weighted by atomic mass is 35.5. The number of hydrogen-bond donors (Lipinski definition) is 1. The Morgan fingerprint density at radius 2 is 1.54 bits per heavy atom. The van der Waals surface area contributed by atoms with Crippen LogP contribution in [0.25, 0.3) is 21.5 Å². The summed E-state index contributed by atoms with van der Waals surface area (Å²) in [6.07, 6.45) is 0. The summed E-state index contributed by atoms with van der Waals surface area (Å²) in [7, 11) is 0. The second-order valence-corrected chi connectivity index (χ2v) is 6.19. The number of nitrogens with zero attached hydrogens (tertiary/aromatic N) is 1.